The molecule has 0 saturated carbocycles. The Hall–Kier alpha value is -7.88. The molecule has 0 saturated heterocycles. The second kappa shape index (κ2) is 13.4. The first-order valence-corrected chi connectivity index (χ1v) is 20.2. The Morgan fingerprint density at radius 3 is 1.73 bits per heavy atom. The standard InChI is InChI=1S/C56H36N2O/c1-3-12-37(13-4-1)38-22-28-44(29-23-38)57(52-20-11-15-40-14-7-8-18-46(40)52)45-30-24-39(25-31-45)41-27-33-53-50(34-41)51-36-49-42(35-54(51)58(53)43-16-5-2-6-17-43)26-32-48-47-19-9-10-21-55(47)59-56(48)49/h1-36H. The lowest BCUT2D eigenvalue weighted by Gasteiger charge is -2.27. The maximum Gasteiger partial charge on any atom is 0.143 e. The van der Waals surface area contributed by atoms with Crippen molar-refractivity contribution in [3.63, 3.8) is 0 Å². The molecule has 12 aromatic rings. The van der Waals surface area contributed by atoms with Crippen LogP contribution in [0.2, 0.25) is 0 Å². The van der Waals surface area contributed by atoms with Gasteiger partial charge in [-0.25, -0.2) is 0 Å². The summed E-state index contributed by atoms with van der Waals surface area (Å²) >= 11 is 0. The van der Waals surface area contributed by atoms with E-state index in [1.54, 1.807) is 0 Å². The van der Waals surface area contributed by atoms with Crippen molar-refractivity contribution in [2.45, 2.75) is 0 Å². The van der Waals surface area contributed by atoms with Crippen molar-refractivity contribution in [3.8, 4) is 27.9 Å². The van der Waals surface area contributed by atoms with E-state index in [9.17, 15) is 0 Å². The minimum absolute atomic E-state index is 0.913. The summed E-state index contributed by atoms with van der Waals surface area (Å²) in [6.45, 7) is 0. The molecule has 3 heteroatoms. The fraction of sp³-hybridized carbons (Fsp3) is 0. The molecule has 0 aliphatic rings. The zero-order valence-electron chi connectivity index (χ0n) is 32.1. The number of fused-ring (bicyclic) bond motifs is 9. The Labute approximate surface area is 341 Å². The van der Waals surface area contributed by atoms with Crippen LogP contribution in [0.4, 0.5) is 17.1 Å². The van der Waals surface area contributed by atoms with Crippen LogP contribution in [0.1, 0.15) is 0 Å². The molecule has 10 aromatic carbocycles. The molecule has 0 bridgehead atoms. The maximum absolute atomic E-state index is 6.54. The van der Waals surface area contributed by atoms with Crippen LogP contribution in [0.3, 0.4) is 0 Å². The molecule has 0 aliphatic heterocycles. The van der Waals surface area contributed by atoms with E-state index in [-0.39, 0.29) is 0 Å². The Kier molecular flexibility index (Phi) is 7.54. The third-order valence-electron chi connectivity index (χ3n) is 12.0. The van der Waals surface area contributed by atoms with Gasteiger partial charge in [0.1, 0.15) is 11.2 Å². The van der Waals surface area contributed by atoms with Crippen LogP contribution in [-0.4, -0.2) is 4.57 Å². The monoisotopic (exact) mass is 752 g/mol. The molecule has 0 aliphatic carbocycles. The van der Waals surface area contributed by atoms with Crippen molar-refractivity contribution in [2.75, 3.05) is 4.90 Å². The lowest BCUT2D eigenvalue weighted by molar-refractivity contribution is 0.672. The molecular weight excluding hydrogens is 717 g/mol. The van der Waals surface area contributed by atoms with Crippen molar-refractivity contribution in [3.05, 3.63) is 218 Å². The Bertz CT molecular complexity index is 3520. The highest BCUT2D eigenvalue weighted by Crippen LogP contribution is 2.43. The molecular formula is C56H36N2O. The van der Waals surface area contributed by atoms with Gasteiger partial charge in [-0.05, 0) is 112 Å². The molecule has 0 amide bonds. The average molecular weight is 753 g/mol. The lowest BCUT2D eigenvalue weighted by Crippen LogP contribution is -2.10. The van der Waals surface area contributed by atoms with Gasteiger partial charge in [-0.2, -0.15) is 0 Å². The maximum atomic E-state index is 6.54. The van der Waals surface area contributed by atoms with Crippen LogP contribution in [0, 0.1) is 0 Å². The third-order valence-corrected chi connectivity index (χ3v) is 12.0. The fourth-order valence-corrected chi connectivity index (χ4v) is 9.12. The summed E-state index contributed by atoms with van der Waals surface area (Å²) in [5.41, 5.74) is 13.4. The molecule has 12 rings (SSSR count). The zero-order chi connectivity index (χ0) is 38.9. The summed E-state index contributed by atoms with van der Waals surface area (Å²) in [5.74, 6) is 0. The molecule has 0 spiro atoms. The van der Waals surface area contributed by atoms with Gasteiger partial charge in [-0.3, -0.25) is 0 Å². The van der Waals surface area contributed by atoms with Crippen LogP contribution in [0.15, 0.2) is 223 Å². The Morgan fingerprint density at radius 1 is 0.339 bits per heavy atom. The fourth-order valence-electron chi connectivity index (χ4n) is 9.12. The van der Waals surface area contributed by atoms with Crippen molar-refractivity contribution in [1.29, 1.82) is 0 Å². The van der Waals surface area contributed by atoms with Gasteiger partial charge < -0.3 is 13.9 Å². The molecule has 3 nitrogen and oxygen atoms in total. The Balaban J connectivity index is 1.01. The SMILES string of the molecule is c1ccc(-c2ccc(N(c3ccc(-c4ccc5c(c4)c4cc6c(ccc7c8ccccc8oc67)cc4n5-c4ccccc4)cc3)c3cccc4ccccc34)cc2)cc1. The quantitative estimate of drug-likeness (QED) is 0.169. The van der Waals surface area contributed by atoms with Gasteiger partial charge in [-0.15, -0.1) is 0 Å². The summed E-state index contributed by atoms with van der Waals surface area (Å²) < 4.78 is 8.94. The number of para-hydroxylation sites is 2. The van der Waals surface area contributed by atoms with Gasteiger partial charge in [0, 0.05) is 49.4 Å². The molecule has 0 atom stereocenters. The van der Waals surface area contributed by atoms with E-state index in [0.29, 0.717) is 0 Å². The smallest absolute Gasteiger partial charge is 0.143 e. The summed E-state index contributed by atoms with van der Waals surface area (Å²) in [7, 11) is 0. The minimum atomic E-state index is 0.913. The molecule has 2 heterocycles. The number of rotatable bonds is 6. The Morgan fingerprint density at radius 2 is 0.949 bits per heavy atom. The van der Waals surface area contributed by atoms with E-state index < -0.39 is 0 Å². The van der Waals surface area contributed by atoms with Gasteiger partial charge in [0.15, 0.2) is 0 Å². The highest BCUT2D eigenvalue weighted by molar-refractivity contribution is 6.21. The number of hydrogen-bond acceptors (Lipinski definition) is 2. The summed E-state index contributed by atoms with van der Waals surface area (Å²) in [4.78, 5) is 2.38. The zero-order valence-corrected chi connectivity index (χ0v) is 32.1. The largest absolute Gasteiger partial charge is 0.455 e. The molecule has 276 valence electrons. The van der Waals surface area contributed by atoms with Crippen LogP contribution in [-0.2, 0) is 0 Å². The van der Waals surface area contributed by atoms with E-state index in [4.69, 9.17) is 4.42 Å². The van der Waals surface area contributed by atoms with Crippen LogP contribution in [0.5, 0.6) is 0 Å². The highest BCUT2D eigenvalue weighted by atomic mass is 16.3. The topological polar surface area (TPSA) is 21.3 Å². The average Bonchev–Trinajstić information content (AvgIpc) is 3.85. The molecule has 0 unspecified atom stereocenters. The van der Waals surface area contributed by atoms with E-state index in [2.05, 4.69) is 222 Å². The lowest BCUT2D eigenvalue weighted by atomic mass is 10.00. The van der Waals surface area contributed by atoms with Crippen molar-refractivity contribution in [1.82, 2.24) is 4.57 Å². The van der Waals surface area contributed by atoms with E-state index >= 15 is 0 Å². The van der Waals surface area contributed by atoms with Crippen LogP contribution >= 0.6 is 0 Å². The number of anilines is 3. The second-order valence-electron chi connectivity index (χ2n) is 15.3. The van der Waals surface area contributed by atoms with E-state index in [0.717, 1.165) is 61.0 Å². The van der Waals surface area contributed by atoms with Gasteiger partial charge in [-0.1, -0.05) is 140 Å². The number of benzene rings is 10. The minimum Gasteiger partial charge on any atom is -0.455 e. The summed E-state index contributed by atoms with van der Waals surface area (Å²) in [6, 6.07) is 78.7. The number of hydrogen-bond donors (Lipinski definition) is 0. The van der Waals surface area contributed by atoms with Crippen LogP contribution in [0.25, 0.3) is 93.2 Å². The highest BCUT2D eigenvalue weighted by Gasteiger charge is 2.19. The predicted octanol–water partition coefficient (Wildman–Crippen LogP) is 15.8. The molecule has 2 aromatic heterocycles. The van der Waals surface area contributed by atoms with Crippen LogP contribution < -0.4 is 4.90 Å². The van der Waals surface area contributed by atoms with Crippen molar-refractivity contribution < 1.29 is 4.42 Å². The van der Waals surface area contributed by atoms with Gasteiger partial charge in [0.2, 0.25) is 0 Å². The molecule has 0 fully saturated rings. The predicted molar refractivity (Wildman–Crippen MR) is 249 cm³/mol. The molecule has 0 N–H and O–H groups in total. The van der Waals surface area contributed by atoms with E-state index in [1.807, 2.05) is 6.07 Å². The first kappa shape index (κ1) is 33.3. The molecule has 0 radical (unpaired) electrons. The molecule has 59 heavy (non-hydrogen) atoms. The van der Waals surface area contributed by atoms with E-state index in [1.165, 1.54) is 49.3 Å². The summed E-state index contributed by atoms with van der Waals surface area (Å²) in [5, 5.41) is 9.39. The number of nitrogens with zero attached hydrogens (tertiary/aromatic N) is 2. The van der Waals surface area contributed by atoms with Crippen molar-refractivity contribution >= 4 is 82.4 Å². The number of furan rings is 1. The summed E-state index contributed by atoms with van der Waals surface area (Å²) in [6.07, 6.45) is 0. The first-order valence-electron chi connectivity index (χ1n) is 20.2. The van der Waals surface area contributed by atoms with Crippen molar-refractivity contribution in [2.24, 2.45) is 0 Å². The van der Waals surface area contributed by atoms with Gasteiger partial charge in [0.05, 0.1) is 16.7 Å². The first-order chi connectivity index (χ1) is 29.2. The third kappa shape index (κ3) is 5.44. The number of aromatic nitrogens is 1. The second-order valence-corrected chi connectivity index (χ2v) is 15.3. The van der Waals surface area contributed by atoms with Gasteiger partial charge >= 0.3 is 0 Å². The normalized spacial score (nSPS) is 11.7. The van der Waals surface area contributed by atoms with Gasteiger partial charge in [0.25, 0.3) is 0 Å².